The number of anilines is 2. The van der Waals surface area contributed by atoms with Gasteiger partial charge in [0.2, 0.25) is 11.8 Å². The van der Waals surface area contributed by atoms with Crippen molar-refractivity contribution in [3.63, 3.8) is 0 Å². The van der Waals surface area contributed by atoms with Gasteiger partial charge in [0.15, 0.2) is 0 Å². The summed E-state index contributed by atoms with van der Waals surface area (Å²) in [6.07, 6.45) is -0.294. The van der Waals surface area contributed by atoms with Gasteiger partial charge in [-0.25, -0.2) is 0 Å². The molecule has 3 aromatic rings. The first-order valence-electron chi connectivity index (χ1n) is 10.3. The number of carbonyl (C=O) groups excluding carboxylic acids is 2. The summed E-state index contributed by atoms with van der Waals surface area (Å²) in [5.74, 6) is -0.0870. The first kappa shape index (κ1) is 23.9. The van der Waals surface area contributed by atoms with Gasteiger partial charge in [-0.2, -0.15) is 0 Å². The fraction of sp³-hybridized carbons (Fsp3) is 0.160. The Hall–Kier alpha value is -3.78. The molecule has 8 heteroatoms. The molecule has 3 N–H and O–H groups in total. The standard InChI is InChI=1S/C25H24N2O5S/c1-17(33-22-13-9-18(10-14-22)26-23(28)15-16-24(29)30)25(31)27-19-7-11-21(12-8-19)32-20-5-3-2-4-6-20/h2-14,17H,15-16H2,1H3,(H,26,28)(H,27,31)(H,29,30). The topological polar surface area (TPSA) is 105 Å². The number of carboxylic acid groups (broad SMARTS) is 1. The molecular weight excluding hydrogens is 440 g/mol. The summed E-state index contributed by atoms with van der Waals surface area (Å²) in [7, 11) is 0. The SMILES string of the molecule is CC(Sc1ccc(NC(=O)CCC(=O)O)cc1)C(=O)Nc1ccc(Oc2ccccc2)cc1. The second-order valence-electron chi connectivity index (χ2n) is 7.16. The summed E-state index contributed by atoms with van der Waals surface area (Å²) in [6.45, 7) is 1.81. The average Bonchev–Trinajstić information content (AvgIpc) is 2.81. The Morgan fingerprint density at radius 1 is 0.818 bits per heavy atom. The molecule has 0 radical (unpaired) electrons. The third kappa shape index (κ3) is 8.01. The van der Waals surface area contributed by atoms with Gasteiger partial charge in [0.1, 0.15) is 11.5 Å². The van der Waals surface area contributed by atoms with Crippen LogP contribution in [-0.4, -0.2) is 28.1 Å². The summed E-state index contributed by atoms with van der Waals surface area (Å²) in [6, 6.07) is 23.7. The Kier molecular flexibility index (Phi) is 8.49. The number of benzene rings is 3. The van der Waals surface area contributed by atoms with Crippen LogP contribution in [0.3, 0.4) is 0 Å². The molecule has 0 aliphatic heterocycles. The number of carbonyl (C=O) groups is 3. The second-order valence-corrected chi connectivity index (χ2v) is 8.57. The average molecular weight is 465 g/mol. The number of nitrogens with one attached hydrogen (secondary N) is 2. The smallest absolute Gasteiger partial charge is 0.303 e. The summed E-state index contributed by atoms with van der Waals surface area (Å²) < 4.78 is 5.75. The summed E-state index contributed by atoms with van der Waals surface area (Å²) in [4.78, 5) is 35.7. The van der Waals surface area contributed by atoms with E-state index >= 15 is 0 Å². The highest BCUT2D eigenvalue weighted by Gasteiger charge is 2.15. The molecule has 0 aromatic heterocycles. The van der Waals surface area contributed by atoms with Crippen LogP contribution in [0.15, 0.2) is 83.8 Å². The molecule has 1 unspecified atom stereocenters. The van der Waals surface area contributed by atoms with E-state index in [-0.39, 0.29) is 29.9 Å². The molecule has 3 aromatic carbocycles. The third-order valence-corrected chi connectivity index (χ3v) is 5.60. The van der Waals surface area contributed by atoms with Crippen molar-refractivity contribution in [3.05, 3.63) is 78.9 Å². The van der Waals surface area contributed by atoms with E-state index in [4.69, 9.17) is 9.84 Å². The number of rotatable bonds is 10. The molecule has 0 spiro atoms. The van der Waals surface area contributed by atoms with Gasteiger partial charge in [0.05, 0.1) is 11.7 Å². The fourth-order valence-corrected chi connectivity index (χ4v) is 3.66. The first-order chi connectivity index (χ1) is 15.9. The van der Waals surface area contributed by atoms with E-state index in [9.17, 15) is 14.4 Å². The van der Waals surface area contributed by atoms with Crippen molar-refractivity contribution >= 4 is 40.9 Å². The van der Waals surface area contributed by atoms with E-state index < -0.39 is 5.97 Å². The lowest BCUT2D eigenvalue weighted by Crippen LogP contribution is -2.22. The van der Waals surface area contributed by atoms with E-state index in [1.165, 1.54) is 11.8 Å². The van der Waals surface area contributed by atoms with Crippen LogP contribution in [0.4, 0.5) is 11.4 Å². The molecule has 3 rings (SSSR count). The summed E-state index contributed by atoms with van der Waals surface area (Å²) >= 11 is 1.39. The molecular formula is C25H24N2O5S. The Balaban J connectivity index is 1.48. The summed E-state index contributed by atoms with van der Waals surface area (Å²) in [5, 5.41) is 13.8. The van der Waals surface area contributed by atoms with Gasteiger partial charge >= 0.3 is 5.97 Å². The van der Waals surface area contributed by atoms with Gasteiger partial charge in [-0.1, -0.05) is 18.2 Å². The number of aliphatic carboxylic acids is 1. The second kappa shape index (κ2) is 11.7. The minimum atomic E-state index is -1.01. The molecule has 0 saturated heterocycles. The van der Waals surface area contributed by atoms with Gasteiger partial charge in [-0.05, 0) is 67.6 Å². The van der Waals surface area contributed by atoms with Crippen LogP contribution in [0, 0.1) is 0 Å². The molecule has 0 heterocycles. The molecule has 0 aliphatic rings. The minimum absolute atomic E-state index is 0.0810. The van der Waals surface area contributed by atoms with Crippen LogP contribution in [0.1, 0.15) is 19.8 Å². The third-order valence-electron chi connectivity index (χ3n) is 4.49. The zero-order valence-corrected chi connectivity index (χ0v) is 18.8. The molecule has 7 nitrogen and oxygen atoms in total. The Bertz CT molecular complexity index is 1090. The van der Waals surface area contributed by atoms with Crippen LogP contribution in [0.5, 0.6) is 11.5 Å². The van der Waals surface area contributed by atoms with Crippen molar-refractivity contribution < 1.29 is 24.2 Å². The van der Waals surface area contributed by atoms with Gasteiger partial charge in [-0.3, -0.25) is 14.4 Å². The molecule has 0 fully saturated rings. The van der Waals surface area contributed by atoms with Crippen molar-refractivity contribution in [1.29, 1.82) is 0 Å². The lowest BCUT2D eigenvalue weighted by atomic mass is 10.2. The molecule has 170 valence electrons. The van der Waals surface area contributed by atoms with Crippen molar-refractivity contribution in [2.45, 2.75) is 29.9 Å². The largest absolute Gasteiger partial charge is 0.481 e. The van der Waals surface area contributed by atoms with Gasteiger partial charge in [0.25, 0.3) is 0 Å². The molecule has 0 bridgehead atoms. The number of para-hydroxylation sites is 1. The Morgan fingerprint density at radius 2 is 1.39 bits per heavy atom. The highest BCUT2D eigenvalue weighted by atomic mass is 32.2. The molecule has 33 heavy (non-hydrogen) atoms. The monoisotopic (exact) mass is 464 g/mol. The van der Waals surface area contributed by atoms with Crippen LogP contribution < -0.4 is 15.4 Å². The highest BCUT2D eigenvalue weighted by molar-refractivity contribution is 8.00. The van der Waals surface area contributed by atoms with E-state index in [0.29, 0.717) is 17.1 Å². The predicted molar refractivity (Wildman–Crippen MR) is 129 cm³/mol. The van der Waals surface area contributed by atoms with Crippen molar-refractivity contribution in [1.82, 2.24) is 0 Å². The predicted octanol–water partition coefficient (Wildman–Crippen LogP) is 5.40. The van der Waals surface area contributed by atoms with Gasteiger partial charge < -0.3 is 20.5 Å². The maximum absolute atomic E-state index is 12.6. The number of amides is 2. The van der Waals surface area contributed by atoms with Crippen molar-refractivity contribution in [2.24, 2.45) is 0 Å². The maximum Gasteiger partial charge on any atom is 0.303 e. The lowest BCUT2D eigenvalue weighted by Gasteiger charge is -2.13. The molecule has 0 saturated carbocycles. The van der Waals surface area contributed by atoms with Crippen molar-refractivity contribution in [2.75, 3.05) is 10.6 Å². The van der Waals surface area contributed by atoms with E-state index in [1.54, 1.807) is 48.5 Å². The van der Waals surface area contributed by atoms with E-state index in [0.717, 1.165) is 10.6 Å². The number of thioether (sulfide) groups is 1. The molecule has 1 atom stereocenters. The minimum Gasteiger partial charge on any atom is -0.481 e. The number of hydrogen-bond donors (Lipinski definition) is 3. The molecule has 2 amide bonds. The number of carboxylic acids is 1. The molecule has 0 aliphatic carbocycles. The fourth-order valence-electron chi connectivity index (χ4n) is 2.79. The van der Waals surface area contributed by atoms with Gasteiger partial charge in [-0.15, -0.1) is 11.8 Å². The Morgan fingerprint density at radius 3 is 2.03 bits per heavy atom. The van der Waals surface area contributed by atoms with Crippen LogP contribution >= 0.6 is 11.8 Å². The zero-order chi connectivity index (χ0) is 23.6. The normalized spacial score (nSPS) is 11.3. The Labute approximate surface area is 196 Å². The van der Waals surface area contributed by atoms with Crippen molar-refractivity contribution in [3.8, 4) is 11.5 Å². The highest BCUT2D eigenvalue weighted by Crippen LogP contribution is 2.27. The zero-order valence-electron chi connectivity index (χ0n) is 18.0. The maximum atomic E-state index is 12.6. The van der Waals surface area contributed by atoms with Gasteiger partial charge in [0, 0.05) is 22.7 Å². The van der Waals surface area contributed by atoms with Crippen LogP contribution in [-0.2, 0) is 14.4 Å². The number of hydrogen-bond acceptors (Lipinski definition) is 5. The first-order valence-corrected chi connectivity index (χ1v) is 11.2. The van der Waals surface area contributed by atoms with E-state index in [2.05, 4.69) is 10.6 Å². The lowest BCUT2D eigenvalue weighted by molar-refractivity contribution is -0.138. The quantitative estimate of drug-likeness (QED) is 0.347. The van der Waals surface area contributed by atoms with E-state index in [1.807, 2.05) is 37.3 Å². The van der Waals surface area contributed by atoms with Crippen LogP contribution in [0.25, 0.3) is 0 Å². The summed E-state index contributed by atoms with van der Waals surface area (Å²) in [5.41, 5.74) is 1.25. The van der Waals surface area contributed by atoms with Crippen LogP contribution in [0.2, 0.25) is 0 Å². The number of ether oxygens (including phenoxy) is 1.